The molecular formula is C21H24ClNO5. The molecule has 150 valence electrons. The largest absolute Gasteiger partial charge is 0.480 e. The van der Waals surface area contributed by atoms with Crippen molar-refractivity contribution in [1.82, 2.24) is 4.57 Å². The summed E-state index contributed by atoms with van der Waals surface area (Å²) < 4.78 is 18.2. The molecular weight excluding hydrogens is 382 g/mol. The summed E-state index contributed by atoms with van der Waals surface area (Å²) in [5, 5.41) is 0.407. The molecule has 28 heavy (non-hydrogen) atoms. The molecule has 1 aromatic heterocycles. The highest BCUT2D eigenvalue weighted by atomic mass is 35.5. The number of para-hydroxylation sites is 1. The van der Waals surface area contributed by atoms with Crippen molar-refractivity contribution >= 4 is 23.4 Å². The highest BCUT2D eigenvalue weighted by molar-refractivity contribution is 6.32. The number of halogens is 1. The van der Waals surface area contributed by atoms with E-state index in [0.717, 1.165) is 37.4 Å². The number of ketones is 1. The first kappa shape index (κ1) is 20.4. The molecule has 1 fully saturated rings. The zero-order valence-electron chi connectivity index (χ0n) is 16.1. The van der Waals surface area contributed by atoms with Crippen LogP contribution in [0.1, 0.15) is 34.6 Å². The highest BCUT2D eigenvalue weighted by Gasteiger charge is 2.21. The lowest BCUT2D eigenvalue weighted by Crippen LogP contribution is -2.20. The molecule has 3 rings (SSSR count). The van der Waals surface area contributed by atoms with Crippen molar-refractivity contribution in [3.05, 3.63) is 52.3 Å². The zero-order valence-corrected chi connectivity index (χ0v) is 16.8. The number of hydrogen-bond donors (Lipinski definition) is 0. The number of nitrogens with zero attached hydrogens (tertiary/aromatic N) is 1. The van der Waals surface area contributed by atoms with Crippen LogP contribution in [0.2, 0.25) is 5.02 Å². The van der Waals surface area contributed by atoms with Gasteiger partial charge in [-0.2, -0.15) is 0 Å². The van der Waals surface area contributed by atoms with Gasteiger partial charge in [-0.25, -0.2) is 4.79 Å². The summed E-state index contributed by atoms with van der Waals surface area (Å²) >= 11 is 5.97. The predicted octanol–water partition coefficient (Wildman–Crippen LogP) is 3.74. The summed E-state index contributed by atoms with van der Waals surface area (Å²) in [6.45, 7) is 4.75. The van der Waals surface area contributed by atoms with Crippen LogP contribution < -0.4 is 4.74 Å². The van der Waals surface area contributed by atoms with E-state index in [1.165, 1.54) is 0 Å². The fourth-order valence-corrected chi connectivity index (χ4v) is 3.51. The minimum atomic E-state index is -0.624. The molecule has 7 heteroatoms. The van der Waals surface area contributed by atoms with Crippen LogP contribution in [0.3, 0.4) is 0 Å². The summed E-state index contributed by atoms with van der Waals surface area (Å²) in [4.78, 5) is 24.4. The second-order valence-corrected chi connectivity index (χ2v) is 7.24. The third kappa shape index (κ3) is 4.94. The maximum Gasteiger partial charge on any atom is 0.344 e. The Morgan fingerprint density at radius 2 is 2.04 bits per heavy atom. The lowest BCUT2D eigenvalue weighted by Gasteiger charge is -2.14. The van der Waals surface area contributed by atoms with Crippen LogP contribution >= 0.6 is 11.6 Å². The van der Waals surface area contributed by atoms with Gasteiger partial charge in [0.1, 0.15) is 5.75 Å². The third-order valence-corrected chi connectivity index (χ3v) is 5.14. The van der Waals surface area contributed by atoms with Crippen LogP contribution in [0.15, 0.2) is 30.3 Å². The molecule has 0 amide bonds. The number of rotatable bonds is 8. The van der Waals surface area contributed by atoms with Crippen LogP contribution in [-0.4, -0.2) is 42.2 Å². The van der Waals surface area contributed by atoms with Gasteiger partial charge in [-0.1, -0.05) is 23.7 Å². The number of benzene rings is 1. The Balaban J connectivity index is 1.53. The van der Waals surface area contributed by atoms with Gasteiger partial charge >= 0.3 is 5.97 Å². The first-order valence-electron chi connectivity index (χ1n) is 9.30. The first-order chi connectivity index (χ1) is 13.5. The van der Waals surface area contributed by atoms with E-state index in [4.69, 9.17) is 25.8 Å². The van der Waals surface area contributed by atoms with E-state index in [2.05, 4.69) is 4.57 Å². The van der Waals surface area contributed by atoms with E-state index in [1.807, 2.05) is 19.9 Å². The van der Waals surface area contributed by atoms with Gasteiger partial charge in [-0.05, 0) is 44.9 Å². The zero-order chi connectivity index (χ0) is 20.1. The Morgan fingerprint density at radius 3 is 2.75 bits per heavy atom. The number of carbonyl (C=O) groups excluding carboxylic acids is 2. The molecule has 0 N–H and O–H groups in total. The van der Waals surface area contributed by atoms with Gasteiger partial charge in [0.05, 0.1) is 11.1 Å². The molecule has 1 aromatic carbocycles. The SMILES string of the molecule is Cc1cc(C(=O)COC(=O)COc2ccccc2Cl)c(C)n1C[C@@H]1CCCO1. The number of aromatic nitrogens is 1. The van der Waals surface area contributed by atoms with Crippen molar-refractivity contribution in [3.8, 4) is 5.75 Å². The fourth-order valence-electron chi connectivity index (χ4n) is 3.32. The minimum absolute atomic E-state index is 0.188. The van der Waals surface area contributed by atoms with Crippen LogP contribution in [0.4, 0.5) is 0 Å². The molecule has 0 saturated carbocycles. The third-order valence-electron chi connectivity index (χ3n) is 4.83. The van der Waals surface area contributed by atoms with Crippen LogP contribution in [0.25, 0.3) is 0 Å². The quantitative estimate of drug-likeness (QED) is 0.494. The van der Waals surface area contributed by atoms with E-state index in [-0.39, 0.29) is 25.1 Å². The van der Waals surface area contributed by atoms with Crippen molar-refractivity contribution < 1.29 is 23.8 Å². The van der Waals surface area contributed by atoms with Gasteiger partial charge in [-0.3, -0.25) is 4.79 Å². The molecule has 1 atom stereocenters. The second-order valence-electron chi connectivity index (χ2n) is 6.83. The number of hydrogen-bond acceptors (Lipinski definition) is 5. The molecule has 2 aromatic rings. The number of Topliss-reactive ketones (excluding diaryl/α,β-unsaturated/α-hetero) is 1. The lowest BCUT2D eigenvalue weighted by molar-refractivity contribution is -0.144. The highest BCUT2D eigenvalue weighted by Crippen LogP contribution is 2.23. The maximum atomic E-state index is 12.5. The molecule has 2 heterocycles. The van der Waals surface area contributed by atoms with Crippen molar-refractivity contribution in [2.75, 3.05) is 19.8 Å². The van der Waals surface area contributed by atoms with Crippen molar-refractivity contribution in [2.45, 2.75) is 39.3 Å². The van der Waals surface area contributed by atoms with Crippen molar-refractivity contribution in [1.29, 1.82) is 0 Å². The Kier molecular flexibility index (Phi) is 6.75. The smallest absolute Gasteiger partial charge is 0.344 e. The van der Waals surface area contributed by atoms with Gasteiger partial charge in [0.2, 0.25) is 5.78 Å². The minimum Gasteiger partial charge on any atom is -0.480 e. The van der Waals surface area contributed by atoms with E-state index < -0.39 is 5.97 Å². The average molecular weight is 406 g/mol. The van der Waals surface area contributed by atoms with E-state index >= 15 is 0 Å². The molecule has 0 spiro atoms. The van der Waals surface area contributed by atoms with Crippen LogP contribution in [0, 0.1) is 13.8 Å². The van der Waals surface area contributed by atoms with Crippen molar-refractivity contribution in [2.24, 2.45) is 0 Å². The number of aryl methyl sites for hydroxylation is 1. The standard InChI is InChI=1S/C21H24ClNO5/c1-14-10-17(15(2)23(14)11-16-6-5-9-26-16)19(24)12-28-21(25)13-27-20-8-4-3-7-18(20)22/h3-4,7-8,10,16H,5-6,9,11-13H2,1-2H3/t16-/m0/s1. The van der Waals surface area contributed by atoms with Gasteiger partial charge in [0.25, 0.3) is 0 Å². The average Bonchev–Trinajstić information content (AvgIpc) is 3.29. The molecule has 1 saturated heterocycles. The first-order valence-corrected chi connectivity index (χ1v) is 9.68. The summed E-state index contributed by atoms with van der Waals surface area (Å²) in [7, 11) is 0. The summed E-state index contributed by atoms with van der Waals surface area (Å²) in [5.41, 5.74) is 2.42. The van der Waals surface area contributed by atoms with E-state index in [9.17, 15) is 9.59 Å². The molecule has 0 radical (unpaired) electrons. The monoisotopic (exact) mass is 405 g/mol. The Morgan fingerprint density at radius 1 is 1.25 bits per heavy atom. The number of ether oxygens (including phenoxy) is 3. The van der Waals surface area contributed by atoms with Crippen LogP contribution in [-0.2, 0) is 20.8 Å². The van der Waals surface area contributed by atoms with Crippen LogP contribution in [0.5, 0.6) is 5.75 Å². The summed E-state index contributed by atoms with van der Waals surface area (Å²) in [6.07, 6.45) is 2.29. The molecule has 1 aliphatic heterocycles. The molecule has 0 unspecified atom stereocenters. The fraction of sp³-hybridized carbons (Fsp3) is 0.429. The number of carbonyl (C=O) groups is 2. The van der Waals surface area contributed by atoms with E-state index in [1.54, 1.807) is 24.3 Å². The summed E-state index contributed by atoms with van der Waals surface area (Å²) in [6, 6.07) is 8.67. The van der Waals surface area contributed by atoms with Crippen molar-refractivity contribution in [3.63, 3.8) is 0 Å². The Labute approximate surface area is 169 Å². The number of esters is 1. The van der Waals surface area contributed by atoms with Gasteiger partial charge in [-0.15, -0.1) is 0 Å². The molecule has 1 aliphatic rings. The van der Waals surface area contributed by atoms with Gasteiger partial charge in [0, 0.05) is 30.1 Å². The molecule has 0 aliphatic carbocycles. The molecule has 0 bridgehead atoms. The molecule has 6 nitrogen and oxygen atoms in total. The predicted molar refractivity (Wildman–Crippen MR) is 105 cm³/mol. The van der Waals surface area contributed by atoms with Gasteiger partial charge < -0.3 is 18.8 Å². The lowest BCUT2D eigenvalue weighted by atomic mass is 10.1. The second kappa shape index (κ2) is 9.26. The van der Waals surface area contributed by atoms with E-state index in [0.29, 0.717) is 16.3 Å². The topological polar surface area (TPSA) is 66.8 Å². The maximum absolute atomic E-state index is 12.5. The Bertz CT molecular complexity index is 854. The normalized spacial score (nSPS) is 16.2. The summed E-state index contributed by atoms with van der Waals surface area (Å²) in [5.74, 6) is -0.468. The van der Waals surface area contributed by atoms with Gasteiger partial charge in [0.15, 0.2) is 13.2 Å². The Hall–Kier alpha value is -2.31.